The minimum Gasteiger partial charge on any atom is -0.507 e. The summed E-state index contributed by atoms with van der Waals surface area (Å²) in [5, 5.41) is 13.6. The number of phenolic OH excluding ortho intramolecular Hbond substituents is 1. The highest BCUT2D eigenvalue weighted by Crippen LogP contribution is 2.31. The van der Waals surface area contributed by atoms with Crippen molar-refractivity contribution in [2.75, 3.05) is 5.32 Å². The van der Waals surface area contributed by atoms with Crippen molar-refractivity contribution >= 4 is 5.69 Å². The number of nitrogens with one attached hydrogen (secondary N) is 1. The second-order valence-corrected chi connectivity index (χ2v) is 5.60. The third-order valence-electron chi connectivity index (χ3n) is 4.16. The Kier molecular flexibility index (Phi) is 4.89. The molecule has 2 nitrogen and oxygen atoms in total. The van der Waals surface area contributed by atoms with Crippen LogP contribution < -0.4 is 5.32 Å². The van der Waals surface area contributed by atoms with Crippen molar-refractivity contribution < 1.29 is 5.11 Å². The Labute approximate surface area is 127 Å². The lowest BCUT2D eigenvalue weighted by atomic mass is 10.0. The Balaban J connectivity index is 2.24. The lowest BCUT2D eigenvalue weighted by Crippen LogP contribution is -2.10. The van der Waals surface area contributed by atoms with Crippen LogP contribution >= 0.6 is 0 Å². The maximum Gasteiger partial charge on any atom is 0.123 e. The predicted octanol–water partition coefficient (Wildman–Crippen LogP) is 5.13. The van der Waals surface area contributed by atoms with Crippen LogP contribution in [0.4, 0.5) is 5.69 Å². The molecule has 2 aromatic carbocycles. The van der Waals surface area contributed by atoms with E-state index in [0.717, 1.165) is 29.7 Å². The summed E-state index contributed by atoms with van der Waals surface area (Å²) in [7, 11) is 0. The number of aromatic hydroxyl groups is 1. The molecule has 0 fully saturated rings. The number of anilines is 1. The van der Waals surface area contributed by atoms with Gasteiger partial charge in [0, 0.05) is 11.3 Å². The number of benzene rings is 2. The Morgan fingerprint density at radius 2 is 1.67 bits per heavy atom. The Bertz CT molecular complexity index is 602. The van der Waals surface area contributed by atoms with Crippen LogP contribution in [-0.2, 0) is 6.42 Å². The zero-order chi connectivity index (χ0) is 15.4. The summed E-state index contributed by atoms with van der Waals surface area (Å²) in [5.41, 5.74) is 5.48. The van der Waals surface area contributed by atoms with Crippen molar-refractivity contribution in [3.8, 4) is 5.75 Å². The number of aryl methyl sites for hydroxylation is 2. The van der Waals surface area contributed by atoms with Gasteiger partial charge in [-0.25, -0.2) is 0 Å². The summed E-state index contributed by atoms with van der Waals surface area (Å²) in [5.74, 6) is 0.385. The van der Waals surface area contributed by atoms with Gasteiger partial charge in [0.2, 0.25) is 0 Å². The van der Waals surface area contributed by atoms with E-state index in [-0.39, 0.29) is 6.04 Å². The fourth-order valence-corrected chi connectivity index (χ4v) is 2.59. The summed E-state index contributed by atoms with van der Waals surface area (Å²) >= 11 is 0. The fraction of sp³-hybridized carbons (Fsp3) is 0.368. The quantitative estimate of drug-likeness (QED) is 0.796. The molecule has 0 radical (unpaired) electrons. The molecule has 0 spiro atoms. The van der Waals surface area contributed by atoms with Crippen LogP contribution in [-0.4, -0.2) is 5.11 Å². The fourth-order valence-electron chi connectivity index (χ4n) is 2.59. The first kappa shape index (κ1) is 15.4. The average Bonchev–Trinajstić information content (AvgIpc) is 2.52. The van der Waals surface area contributed by atoms with Gasteiger partial charge in [-0.05, 0) is 49.4 Å². The first-order chi connectivity index (χ1) is 10.1. The summed E-state index contributed by atoms with van der Waals surface area (Å²) in [6.07, 6.45) is 2.06. The minimum absolute atomic E-state index is 0.261. The molecule has 1 unspecified atom stereocenters. The topological polar surface area (TPSA) is 32.3 Å². The zero-order valence-corrected chi connectivity index (χ0v) is 13.4. The van der Waals surface area contributed by atoms with Crippen molar-refractivity contribution in [2.24, 2.45) is 0 Å². The van der Waals surface area contributed by atoms with Gasteiger partial charge in [-0.2, -0.15) is 0 Å². The largest absolute Gasteiger partial charge is 0.507 e. The first-order valence-corrected chi connectivity index (χ1v) is 7.71. The number of phenols is 1. The molecule has 112 valence electrons. The van der Waals surface area contributed by atoms with Crippen LogP contribution in [0.5, 0.6) is 5.75 Å². The first-order valence-electron chi connectivity index (χ1n) is 7.71. The maximum absolute atomic E-state index is 10.1. The van der Waals surface area contributed by atoms with E-state index in [0.29, 0.717) is 5.75 Å². The highest BCUT2D eigenvalue weighted by Gasteiger charge is 2.12. The lowest BCUT2D eigenvalue weighted by Gasteiger charge is -2.21. The van der Waals surface area contributed by atoms with E-state index >= 15 is 0 Å². The Hall–Kier alpha value is -1.96. The van der Waals surface area contributed by atoms with Crippen LogP contribution in [0.25, 0.3) is 0 Å². The maximum atomic E-state index is 10.1. The number of hydrogen-bond acceptors (Lipinski definition) is 2. The lowest BCUT2D eigenvalue weighted by molar-refractivity contribution is 0.467. The van der Waals surface area contributed by atoms with Crippen LogP contribution in [0.15, 0.2) is 36.4 Å². The molecule has 0 bridgehead atoms. The van der Waals surface area contributed by atoms with Crippen LogP contribution in [0.2, 0.25) is 0 Å². The molecule has 2 aromatic rings. The Morgan fingerprint density at radius 3 is 2.24 bits per heavy atom. The SMILES string of the molecule is CCc1ccc(C(CC)Nc2ccc(C)c(O)c2C)cc1. The number of rotatable bonds is 5. The van der Waals surface area contributed by atoms with E-state index < -0.39 is 0 Å². The molecule has 0 aromatic heterocycles. The average molecular weight is 283 g/mol. The molecule has 0 heterocycles. The molecule has 0 saturated carbocycles. The summed E-state index contributed by atoms with van der Waals surface area (Å²) in [6.45, 7) is 8.22. The highest BCUT2D eigenvalue weighted by atomic mass is 16.3. The van der Waals surface area contributed by atoms with E-state index in [1.807, 2.05) is 26.0 Å². The van der Waals surface area contributed by atoms with Crippen LogP contribution in [0.1, 0.15) is 48.6 Å². The summed E-state index contributed by atoms with van der Waals surface area (Å²) < 4.78 is 0. The third-order valence-corrected chi connectivity index (χ3v) is 4.16. The van der Waals surface area contributed by atoms with Crippen LogP contribution in [0.3, 0.4) is 0 Å². The van der Waals surface area contributed by atoms with Gasteiger partial charge in [0.1, 0.15) is 5.75 Å². The van der Waals surface area contributed by atoms with E-state index in [1.165, 1.54) is 11.1 Å². The van der Waals surface area contributed by atoms with Gasteiger partial charge in [-0.3, -0.25) is 0 Å². The Morgan fingerprint density at radius 1 is 1.00 bits per heavy atom. The molecule has 0 amide bonds. The standard InChI is InChI=1S/C19H25NO/c1-5-15-8-10-16(11-9-15)17(6-2)20-18-12-7-13(3)19(21)14(18)4/h7-12,17,20-21H,5-6H2,1-4H3. The zero-order valence-electron chi connectivity index (χ0n) is 13.4. The van der Waals surface area contributed by atoms with Gasteiger partial charge in [0.25, 0.3) is 0 Å². The molecule has 0 saturated heterocycles. The van der Waals surface area contributed by atoms with E-state index in [4.69, 9.17) is 0 Å². The van der Waals surface area contributed by atoms with Crippen molar-refractivity contribution in [3.05, 3.63) is 58.7 Å². The van der Waals surface area contributed by atoms with Crippen molar-refractivity contribution in [1.29, 1.82) is 0 Å². The second-order valence-electron chi connectivity index (χ2n) is 5.60. The molecule has 0 aliphatic heterocycles. The smallest absolute Gasteiger partial charge is 0.123 e. The molecule has 0 aliphatic carbocycles. The van der Waals surface area contributed by atoms with Crippen LogP contribution in [0, 0.1) is 13.8 Å². The molecule has 2 N–H and O–H groups in total. The normalized spacial score (nSPS) is 12.2. The molecule has 1 atom stereocenters. The molecular formula is C19H25NO. The molecule has 2 rings (SSSR count). The van der Waals surface area contributed by atoms with Gasteiger partial charge < -0.3 is 10.4 Å². The van der Waals surface area contributed by atoms with E-state index in [9.17, 15) is 5.11 Å². The number of hydrogen-bond donors (Lipinski definition) is 2. The molecule has 21 heavy (non-hydrogen) atoms. The van der Waals surface area contributed by atoms with E-state index in [2.05, 4.69) is 43.4 Å². The monoisotopic (exact) mass is 283 g/mol. The van der Waals surface area contributed by atoms with Gasteiger partial charge in [0.05, 0.1) is 6.04 Å². The van der Waals surface area contributed by atoms with Gasteiger partial charge >= 0.3 is 0 Å². The van der Waals surface area contributed by atoms with Gasteiger partial charge in [-0.15, -0.1) is 0 Å². The van der Waals surface area contributed by atoms with Gasteiger partial charge in [0.15, 0.2) is 0 Å². The summed E-state index contributed by atoms with van der Waals surface area (Å²) in [4.78, 5) is 0. The van der Waals surface area contributed by atoms with Crippen molar-refractivity contribution in [1.82, 2.24) is 0 Å². The van der Waals surface area contributed by atoms with Crippen molar-refractivity contribution in [3.63, 3.8) is 0 Å². The van der Waals surface area contributed by atoms with E-state index in [1.54, 1.807) is 0 Å². The van der Waals surface area contributed by atoms with Gasteiger partial charge in [-0.1, -0.05) is 44.2 Å². The minimum atomic E-state index is 0.261. The predicted molar refractivity (Wildman–Crippen MR) is 90.1 cm³/mol. The third kappa shape index (κ3) is 3.38. The van der Waals surface area contributed by atoms with Crippen molar-refractivity contribution in [2.45, 2.75) is 46.6 Å². The molecule has 0 aliphatic rings. The highest BCUT2D eigenvalue weighted by molar-refractivity contribution is 5.60. The molecular weight excluding hydrogens is 258 g/mol. The summed E-state index contributed by atoms with van der Waals surface area (Å²) in [6, 6.07) is 13.0. The molecule has 2 heteroatoms. The second kappa shape index (κ2) is 6.66.